The molecule has 0 saturated carbocycles. The SMILES string of the molecule is Cc1cc(F)cc(C(O)C(CN)c2c(Cl)cccc2Cl)c1. The van der Waals surface area contributed by atoms with Gasteiger partial charge in [0.15, 0.2) is 0 Å². The monoisotopic (exact) mass is 327 g/mol. The summed E-state index contributed by atoms with van der Waals surface area (Å²) in [5.74, 6) is -0.905. The highest BCUT2D eigenvalue weighted by Gasteiger charge is 2.26. The Morgan fingerprint density at radius 2 is 1.81 bits per heavy atom. The molecule has 2 aromatic rings. The average Bonchev–Trinajstić information content (AvgIpc) is 2.41. The van der Waals surface area contributed by atoms with Crippen LogP contribution in [-0.2, 0) is 0 Å². The number of hydrogen-bond acceptors (Lipinski definition) is 2. The van der Waals surface area contributed by atoms with Gasteiger partial charge in [-0.05, 0) is 47.9 Å². The first-order valence-electron chi connectivity index (χ1n) is 6.53. The fourth-order valence-electron chi connectivity index (χ4n) is 2.44. The summed E-state index contributed by atoms with van der Waals surface area (Å²) in [6, 6.07) is 9.52. The second-order valence-corrected chi connectivity index (χ2v) is 5.80. The van der Waals surface area contributed by atoms with E-state index in [-0.39, 0.29) is 6.54 Å². The molecule has 0 amide bonds. The summed E-state index contributed by atoms with van der Waals surface area (Å²) in [5.41, 5.74) is 7.55. The zero-order valence-electron chi connectivity index (χ0n) is 11.5. The molecule has 0 aromatic heterocycles. The van der Waals surface area contributed by atoms with E-state index in [2.05, 4.69) is 0 Å². The van der Waals surface area contributed by atoms with Crippen LogP contribution in [0.25, 0.3) is 0 Å². The molecule has 2 atom stereocenters. The molecule has 0 aliphatic rings. The van der Waals surface area contributed by atoms with Crippen LogP contribution in [0.15, 0.2) is 36.4 Å². The maximum atomic E-state index is 13.5. The molecule has 2 unspecified atom stereocenters. The standard InChI is InChI=1S/C16H16Cl2FNO/c1-9-5-10(7-11(19)6-9)16(21)12(8-20)15-13(17)3-2-4-14(15)18/h2-7,12,16,21H,8,20H2,1H3. The highest BCUT2D eigenvalue weighted by Crippen LogP contribution is 2.38. The summed E-state index contributed by atoms with van der Waals surface area (Å²) in [4.78, 5) is 0. The van der Waals surface area contributed by atoms with Crippen molar-refractivity contribution < 1.29 is 9.50 Å². The number of hydrogen-bond donors (Lipinski definition) is 2. The van der Waals surface area contributed by atoms with Gasteiger partial charge in [0.05, 0.1) is 6.10 Å². The second-order valence-electron chi connectivity index (χ2n) is 4.98. The fourth-order valence-corrected chi connectivity index (χ4v) is 3.11. The lowest BCUT2D eigenvalue weighted by molar-refractivity contribution is 0.147. The molecule has 21 heavy (non-hydrogen) atoms. The maximum absolute atomic E-state index is 13.5. The van der Waals surface area contributed by atoms with Gasteiger partial charge < -0.3 is 10.8 Å². The summed E-state index contributed by atoms with van der Waals surface area (Å²) in [6.07, 6.45) is -0.984. The lowest BCUT2D eigenvalue weighted by Crippen LogP contribution is -2.21. The van der Waals surface area contributed by atoms with Gasteiger partial charge in [0.25, 0.3) is 0 Å². The van der Waals surface area contributed by atoms with Crippen molar-refractivity contribution in [3.05, 3.63) is 69.0 Å². The van der Waals surface area contributed by atoms with E-state index in [1.807, 2.05) is 0 Å². The number of aliphatic hydroxyl groups excluding tert-OH is 1. The Morgan fingerprint density at radius 1 is 1.19 bits per heavy atom. The van der Waals surface area contributed by atoms with Crippen LogP contribution in [0, 0.1) is 12.7 Å². The van der Waals surface area contributed by atoms with Gasteiger partial charge >= 0.3 is 0 Å². The fraction of sp³-hybridized carbons (Fsp3) is 0.250. The molecule has 0 heterocycles. The van der Waals surface area contributed by atoms with Crippen molar-refractivity contribution in [1.29, 1.82) is 0 Å². The van der Waals surface area contributed by atoms with E-state index in [4.69, 9.17) is 28.9 Å². The van der Waals surface area contributed by atoms with Crippen molar-refractivity contribution in [2.24, 2.45) is 5.73 Å². The van der Waals surface area contributed by atoms with Crippen LogP contribution < -0.4 is 5.73 Å². The lowest BCUT2D eigenvalue weighted by Gasteiger charge is -2.24. The Morgan fingerprint density at radius 3 is 2.33 bits per heavy atom. The molecule has 5 heteroatoms. The van der Waals surface area contributed by atoms with E-state index >= 15 is 0 Å². The van der Waals surface area contributed by atoms with Crippen molar-refractivity contribution in [3.8, 4) is 0 Å². The highest BCUT2D eigenvalue weighted by molar-refractivity contribution is 6.36. The van der Waals surface area contributed by atoms with Crippen LogP contribution in [0.2, 0.25) is 10.0 Å². The molecule has 112 valence electrons. The van der Waals surface area contributed by atoms with E-state index in [0.717, 1.165) is 5.56 Å². The van der Waals surface area contributed by atoms with E-state index in [0.29, 0.717) is 21.2 Å². The molecule has 3 N–H and O–H groups in total. The summed E-state index contributed by atoms with van der Waals surface area (Å²) < 4.78 is 13.5. The summed E-state index contributed by atoms with van der Waals surface area (Å²) in [5, 5.41) is 11.4. The molecule has 0 spiro atoms. The van der Waals surface area contributed by atoms with Crippen molar-refractivity contribution in [1.82, 2.24) is 0 Å². The first-order chi connectivity index (χ1) is 9.93. The number of benzene rings is 2. The third-order valence-corrected chi connectivity index (χ3v) is 4.07. The van der Waals surface area contributed by atoms with Crippen LogP contribution in [-0.4, -0.2) is 11.7 Å². The van der Waals surface area contributed by atoms with Gasteiger partial charge in [0.2, 0.25) is 0 Å². The third-order valence-electron chi connectivity index (χ3n) is 3.41. The second kappa shape index (κ2) is 6.75. The van der Waals surface area contributed by atoms with E-state index in [9.17, 15) is 9.50 Å². The van der Waals surface area contributed by atoms with Gasteiger partial charge in [0, 0.05) is 22.5 Å². The zero-order chi connectivity index (χ0) is 15.6. The Bertz CT molecular complexity index is 608. The van der Waals surface area contributed by atoms with Gasteiger partial charge in [-0.25, -0.2) is 4.39 Å². The summed E-state index contributed by atoms with van der Waals surface area (Å²) >= 11 is 12.3. The number of rotatable bonds is 4. The minimum absolute atomic E-state index is 0.139. The quantitative estimate of drug-likeness (QED) is 0.883. The highest BCUT2D eigenvalue weighted by atomic mass is 35.5. The first-order valence-corrected chi connectivity index (χ1v) is 7.28. The molecule has 0 fully saturated rings. The third kappa shape index (κ3) is 3.55. The van der Waals surface area contributed by atoms with Gasteiger partial charge in [0.1, 0.15) is 5.82 Å². The Hall–Kier alpha value is -1.13. The van der Waals surface area contributed by atoms with E-state index in [1.165, 1.54) is 12.1 Å². The van der Waals surface area contributed by atoms with Crippen molar-refractivity contribution in [2.75, 3.05) is 6.54 Å². The Balaban J connectivity index is 2.45. The molecule has 0 aliphatic heterocycles. The smallest absolute Gasteiger partial charge is 0.123 e. The minimum Gasteiger partial charge on any atom is -0.388 e. The van der Waals surface area contributed by atoms with Crippen LogP contribution in [0.3, 0.4) is 0 Å². The zero-order valence-corrected chi connectivity index (χ0v) is 13.0. The normalized spacial score (nSPS) is 14.0. The molecule has 2 nitrogen and oxygen atoms in total. The summed E-state index contributed by atoms with van der Waals surface area (Å²) in [7, 11) is 0. The van der Waals surface area contributed by atoms with Crippen molar-refractivity contribution in [2.45, 2.75) is 18.9 Å². The van der Waals surface area contributed by atoms with Crippen LogP contribution >= 0.6 is 23.2 Å². The molecule has 0 radical (unpaired) electrons. The van der Waals surface area contributed by atoms with E-state index < -0.39 is 17.8 Å². The Kier molecular flexibility index (Phi) is 5.22. The number of aliphatic hydroxyl groups is 1. The molecule has 0 saturated heterocycles. The van der Waals surface area contributed by atoms with Crippen LogP contribution in [0.1, 0.15) is 28.7 Å². The number of aryl methyl sites for hydroxylation is 1. The topological polar surface area (TPSA) is 46.2 Å². The minimum atomic E-state index is -0.984. The average molecular weight is 328 g/mol. The van der Waals surface area contributed by atoms with Gasteiger partial charge in [-0.15, -0.1) is 0 Å². The van der Waals surface area contributed by atoms with Crippen molar-refractivity contribution >= 4 is 23.2 Å². The predicted molar refractivity (Wildman–Crippen MR) is 84.4 cm³/mol. The molecule has 0 aliphatic carbocycles. The molecular weight excluding hydrogens is 312 g/mol. The largest absolute Gasteiger partial charge is 0.388 e. The first kappa shape index (κ1) is 16.2. The lowest BCUT2D eigenvalue weighted by atomic mass is 9.88. The maximum Gasteiger partial charge on any atom is 0.123 e. The van der Waals surface area contributed by atoms with Gasteiger partial charge in [-0.3, -0.25) is 0 Å². The number of nitrogens with two attached hydrogens (primary N) is 1. The molecule has 0 bridgehead atoms. The van der Waals surface area contributed by atoms with E-state index in [1.54, 1.807) is 31.2 Å². The van der Waals surface area contributed by atoms with Gasteiger partial charge in [-0.2, -0.15) is 0 Å². The molecule has 2 rings (SSSR count). The van der Waals surface area contributed by atoms with Crippen molar-refractivity contribution in [3.63, 3.8) is 0 Å². The summed E-state index contributed by atoms with van der Waals surface area (Å²) in [6.45, 7) is 1.90. The van der Waals surface area contributed by atoms with Gasteiger partial charge in [-0.1, -0.05) is 35.3 Å². The number of halogens is 3. The predicted octanol–water partition coefficient (Wildman–Crippen LogP) is 4.22. The molecule has 2 aromatic carbocycles. The molecular formula is C16H16Cl2FNO. The van der Waals surface area contributed by atoms with Crippen LogP contribution in [0.4, 0.5) is 4.39 Å². The Labute approximate surface area is 133 Å². The van der Waals surface area contributed by atoms with Crippen LogP contribution in [0.5, 0.6) is 0 Å².